The minimum Gasteiger partial charge on any atom is -0.494 e. The lowest BCUT2D eigenvalue weighted by atomic mass is 10.2. The molecule has 0 saturated carbocycles. The molecule has 2 aromatic rings. The number of halogens is 2. The van der Waals surface area contributed by atoms with Crippen LogP contribution in [0.4, 0.5) is 11.4 Å². The Bertz CT molecular complexity index is 664. The zero-order valence-corrected chi connectivity index (χ0v) is 16.9. The lowest BCUT2D eigenvalue weighted by Gasteiger charge is -2.11. The number of unbranched alkanes of at least 4 members (excludes halogenated alkanes) is 4. The zero-order valence-electron chi connectivity index (χ0n) is 15.4. The summed E-state index contributed by atoms with van der Waals surface area (Å²) in [6.45, 7) is 4.59. The molecule has 0 aliphatic rings. The first-order valence-corrected chi connectivity index (χ1v) is 10.1. The van der Waals surface area contributed by atoms with Gasteiger partial charge >= 0.3 is 0 Å². The Morgan fingerprint density at radius 1 is 0.808 bits per heavy atom. The van der Waals surface area contributed by atoms with E-state index in [1.165, 1.54) is 25.7 Å². The van der Waals surface area contributed by atoms with Crippen molar-refractivity contribution in [3.8, 4) is 5.75 Å². The van der Waals surface area contributed by atoms with Crippen LogP contribution in [0.15, 0.2) is 42.5 Å². The summed E-state index contributed by atoms with van der Waals surface area (Å²) in [6, 6.07) is 13.7. The first-order valence-electron chi connectivity index (χ1n) is 9.34. The Hall–Kier alpha value is -1.58. The fraction of sp³-hybridized carbons (Fsp3) is 0.429. The highest BCUT2D eigenvalue weighted by atomic mass is 35.5. The van der Waals surface area contributed by atoms with Crippen LogP contribution >= 0.6 is 23.2 Å². The van der Waals surface area contributed by atoms with Crippen molar-refractivity contribution in [3.63, 3.8) is 0 Å². The van der Waals surface area contributed by atoms with Crippen LogP contribution in [0.3, 0.4) is 0 Å². The van der Waals surface area contributed by atoms with E-state index in [1.54, 1.807) is 6.07 Å². The average Bonchev–Trinajstić information content (AvgIpc) is 2.65. The number of nitrogens with one attached hydrogen (secondary N) is 2. The first kappa shape index (κ1) is 20.7. The van der Waals surface area contributed by atoms with Crippen molar-refractivity contribution in [2.75, 3.05) is 30.3 Å². The molecule has 2 rings (SSSR count). The summed E-state index contributed by atoms with van der Waals surface area (Å²) in [5, 5.41) is 7.84. The third kappa shape index (κ3) is 7.76. The molecule has 142 valence electrons. The summed E-state index contributed by atoms with van der Waals surface area (Å²) in [5.41, 5.74) is 2.02. The third-order valence-corrected chi connectivity index (χ3v) is 4.79. The van der Waals surface area contributed by atoms with Gasteiger partial charge in [0.05, 0.1) is 16.7 Å². The highest BCUT2D eigenvalue weighted by molar-refractivity contribution is 6.42. The van der Waals surface area contributed by atoms with E-state index in [9.17, 15) is 0 Å². The van der Waals surface area contributed by atoms with Crippen molar-refractivity contribution in [2.24, 2.45) is 0 Å². The van der Waals surface area contributed by atoms with Crippen LogP contribution in [0.1, 0.15) is 39.0 Å². The molecule has 0 atom stereocenters. The van der Waals surface area contributed by atoms with E-state index in [0.717, 1.165) is 43.2 Å². The largest absolute Gasteiger partial charge is 0.494 e. The number of benzene rings is 2. The molecule has 0 aromatic heterocycles. The van der Waals surface area contributed by atoms with Crippen molar-refractivity contribution in [3.05, 3.63) is 52.5 Å². The fourth-order valence-electron chi connectivity index (χ4n) is 2.61. The SMILES string of the molecule is CCCCCCCOc1cccc(NCCNc2ccc(Cl)c(Cl)c2)c1. The van der Waals surface area contributed by atoms with E-state index in [4.69, 9.17) is 27.9 Å². The number of hydrogen-bond donors (Lipinski definition) is 2. The summed E-state index contributed by atoms with van der Waals surface area (Å²) in [6.07, 6.45) is 6.24. The van der Waals surface area contributed by atoms with Gasteiger partial charge in [-0.2, -0.15) is 0 Å². The van der Waals surface area contributed by atoms with Crippen LogP contribution < -0.4 is 15.4 Å². The lowest BCUT2D eigenvalue weighted by molar-refractivity contribution is 0.304. The summed E-state index contributed by atoms with van der Waals surface area (Å²) < 4.78 is 5.84. The summed E-state index contributed by atoms with van der Waals surface area (Å²) in [5.74, 6) is 0.919. The van der Waals surface area contributed by atoms with E-state index in [-0.39, 0.29) is 0 Å². The molecule has 0 radical (unpaired) electrons. The molecule has 5 heteroatoms. The fourth-order valence-corrected chi connectivity index (χ4v) is 2.91. The summed E-state index contributed by atoms with van der Waals surface area (Å²) >= 11 is 11.9. The standard InChI is InChI=1S/C21H28Cl2N2O/c1-2-3-4-5-6-14-26-19-9-7-8-17(15-19)24-12-13-25-18-10-11-20(22)21(23)16-18/h7-11,15-16,24-25H,2-6,12-14H2,1H3. The summed E-state index contributed by atoms with van der Waals surface area (Å²) in [4.78, 5) is 0. The van der Waals surface area contributed by atoms with Crippen LogP contribution in [-0.2, 0) is 0 Å². The van der Waals surface area contributed by atoms with Gasteiger partial charge in [-0.1, -0.05) is 61.9 Å². The van der Waals surface area contributed by atoms with E-state index >= 15 is 0 Å². The van der Waals surface area contributed by atoms with Crippen molar-refractivity contribution in [1.29, 1.82) is 0 Å². The third-order valence-electron chi connectivity index (χ3n) is 4.05. The normalized spacial score (nSPS) is 10.6. The second kappa shape index (κ2) is 11.9. The average molecular weight is 395 g/mol. The topological polar surface area (TPSA) is 33.3 Å². The van der Waals surface area contributed by atoms with Gasteiger partial charge in [-0.3, -0.25) is 0 Å². The number of rotatable bonds is 12. The van der Waals surface area contributed by atoms with Gasteiger partial charge in [-0.15, -0.1) is 0 Å². The lowest BCUT2D eigenvalue weighted by Crippen LogP contribution is -2.13. The Balaban J connectivity index is 1.66. The maximum atomic E-state index is 6.02. The van der Waals surface area contributed by atoms with Crippen molar-refractivity contribution in [2.45, 2.75) is 39.0 Å². The van der Waals surface area contributed by atoms with Crippen molar-refractivity contribution < 1.29 is 4.74 Å². The molecule has 2 aromatic carbocycles. The molecule has 2 N–H and O–H groups in total. The molecule has 3 nitrogen and oxygen atoms in total. The van der Waals surface area contributed by atoms with E-state index < -0.39 is 0 Å². The maximum absolute atomic E-state index is 6.02. The van der Waals surface area contributed by atoms with Gasteiger partial charge in [0, 0.05) is 30.5 Å². The molecule has 0 spiro atoms. The van der Waals surface area contributed by atoms with Crippen molar-refractivity contribution in [1.82, 2.24) is 0 Å². The zero-order chi connectivity index (χ0) is 18.6. The molecular weight excluding hydrogens is 367 g/mol. The number of hydrogen-bond acceptors (Lipinski definition) is 3. The van der Waals surface area contributed by atoms with Crippen LogP contribution in [-0.4, -0.2) is 19.7 Å². The van der Waals surface area contributed by atoms with Crippen molar-refractivity contribution >= 4 is 34.6 Å². The quantitative estimate of drug-likeness (QED) is 0.385. The van der Waals surface area contributed by atoms with E-state index in [1.807, 2.05) is 36.4 Å². The predicted molar refractivity (Wildman–Crippen MR) is 114 cm³/mol. The van der Waals surface area contributed by atoms with Crippen LogP contribution in [0.2, 0.25) is 10.0 Å². The smallest absolute Gasteiger partial charge is 0.121 e. The van der Waals surface area contributed by atoms with Gasteiger partial charge in [-0.25, -0.2) is 0 Å². The number of anilines is 2. The van der Waals surface area contributed by atoms with E-state index in [2.05, 4.69) is 17.6 Å². The second-order valence-electron chi connectivity index (χ2n) is 6.27. The Morgan fingerprint density at radius 2 is 1.54 bits per heavy atom. The highest BCUT2D eigenvalue weighted by Crippen LogP contribution is 2.24. The monoisotopic (exact) mass is 394 g/mol. The first-order chi connectivity index (χ1) is 12.7. The Morgan fingerprint density at radius 3 is 2.27 bits per heavy atom. The second-order valence-corrected chi connectivity index (χ2v) is 7.09. The van der Waals surface area contributed by atoms with Crippen LogP contribution in [0, 0.1) is 0 Å². The van der Waals surface area contributed by atoms with Gasteiger partial charge in [0.15, 0.2) is 0 Å². The van der Waals surface area contributed by atoms with Crippen LogP contribution in [0.25, 0.3) is 0 Å². The highest BCUT2D eigenvalue weighted by Gasteiger charge is 2.00. The molecular formula is C21H28Cl2N2O. The molecule has 0 saturated heterocycles. The Labute approximate surface area is 167 Å². The van der Waals surface area contributed by atoms with Gasteiger partial charge in [0.25, 0.3) is 0 Å². The molecule has 0 unspecified atom stereocenters. The Kier molecular flexibility index (Phi) is 9.51. The summed E-state index contributed by atoms with van der Waals surface area (Å²) in [7, 11) is 0. The minimum atomic E-state index is 0.559. The molecule has 0 fully saturated rings. The molecule has 0 amide bonds. The molecule has 0 aliphatic carbocycles. The van der Waals surface area contributed by atoms with E-state index in [0.29, 0.717) is 10.0 Å². The van der Waals surface area contributed by atoms with Gasteiger partial charge in [0.1, 0.15) is 5.75 Å². The van der Waals surface area contributed by atoms with Gasteiger partial charge in [0.2, 0.25) is 0 Å². The molecule has 0 heterocycles. The molecule has 0 bridgehead atoms. The van der Waals surface area contributed by atoms with Gasteiger partial charge in [-0.05, 0) is 36.8 Å². The maximum Gasteiger partial charge on any atom is 0.121 e. The molecule has 26 heavy (non-hydrogen) atoms. The number of ether oxygens (including phenoxy) is 1. The molecule has 0 aliphatic heterocycles. The minimum absolute atomic E-state index is 0.559. The van der Waals surface area contributed by atoms with Crippen LogP contribution in [0.5, 0.6) is 5.75 Å². The predicted octanol–water partition coefficient (Wildman–Crippen LogP) is 6.87. The van der Waals surface area contributed by atoms with Gasteiger partial charge < -0.3 is 15.4 Å².